The summed E-state index contributed by atoms with van der Waals surface area (Å²) in [6, 6.07) is 8.71. The summed E-state index contributed by atoms with van der Waals surface area (Å²) >= 11 is 0. The molecule has 1 rings (SSSR count). The van der Waals surface area contributed by atoms with Crippen LogP contribution < -0.4 is 5.90 Å². The van der Waals surface area contributed by atoms with Gasteiger partial charge in [0.1, 0.15) is 5.75 Å². The lowest BCUT2D eigenvalue weighted by Gasteiger charge is -1.82. The van der Waals surface area contributed by atoms with Crippen LogP contribution in [0.1, 0.15) is 0 Å². The third-order valence-corrected chi connectivity index (χ3v) is 1.12. The number of hydrogen-bond acceptors (Lipinski definition) is 5. The molecule has 4 N–H and O–H groups in total. The number of nitrogens with two attached hydrogens (primary N) is 1. The highest BCUT2D eigenvalue weighted by Gasteiger charge is 1.95. The standard InChI is InChI=1S/C6H6O.H3NO4S/c7-6-4-2-1-3-5-6;1-5-6(2,3)4/h1-5,7H;1H2,(H,2,3,4). The van der Waals surface area contributed by atoms with E-state index < -0.39 is 10.4 Å². The molecule has 0 aromatic heterocycles. The lowest BCUT2D eigenvalue weighted by Crippen LogP contribution is -2.08. The predicted molar refractivity (Wildman–Crippen MR) is 44.9 cm³/mol. The smallest absolute Gasteiger partial charge is 0.413 e. The molecule has 0 saturated carbocycles. The van der Waals surface area contributed by atoms with Crippen LogP contribution in [0.25, 0.3) is 0 Å². The van der Waals surface area contributed by atoms with Gasteiger partial charge >= 0.3 is 10.4 Å². The van der Waals surface area contributed by atoms with Crippen LogP contribution in [0.15, 0.2) is 30.3 Å². The van der Waals surface area contributed by atoms with Crippen molar-refractivity contribution >= 4 is 10.4 Å². The van der Waals surface area contributed by atoms with Gasteiger partial charge < -0.3 is 5.11 Å². The number of benzene rings is 1. The molecule has 7 heteroatoms. The minimum Gasteiger partial charge on any atom is -0.508 e. The molecule has 0 saturated heterocycles. The molecule has 0 aliphatic rings. The van der Waals surface area contributed by atoms with E-state index in [1.807, 2.05) is 6.07 Å². The first kappa shape index (κ1) is 11.8. The van der Waals surface area contributed by atoms with Gasteiger partial charge in [-0.05, 0) is 12.1 Å². The molecular weight excluding hydrogens is 198 g/mol. The molecule has 0 unspecified atom stereocenters. The lowest BCUT2D eigenvalue weighted by molar-refractivity contribution is 0.277. The monoisotopic (exact) mass is 207 g/mol. The molecule has 0 spiro atoms. The number of hydrogen-bond donors (Lipinski definition) is 3. The summed E-state index contributed by atoms with van der Waals surface area (Å²) in [4.78, 5) is 0. The maximum Gasteiger partial charge on any atom is 0.413 e. The Kier molecular flexibility index (Phi) is 5.00. The lowest BCUT2D eigenvalue weighted by atomic mass is 10.3. The molecule has 6 nitrogen and oxygen atoms in total. The normalized spacial score (nSPS) is 10.0. The van der Waals surface area contributed by atoms with Crippen molar-refractivity contribution in [2.24, 2.45) is 5.90 Å². The van der Waals surface area contributed by atoms with Crippen molar-refractivity contribution in [2.75, 3.05) is 0 Å². The van der Waals surface area contributed by atoms with E-state index in [0.29, 0.717) is 5.75 Å². The van der Waals surface area contributed by atoms with Gasteiger partial charge in [-0.2, -0.15) is 18.6 Å². The number of para-hydroxylation sites is 1. The third-order valence-electron chi connectivity index (χ3n) is 0.878. The van der Waals surface area contributed by atoms with Crippen molar-refractivity contribution in [3.8, 4) is 5.75 Å². The molecule has 0 radical (unpaired) electrons. The fraction of sp³-hybridized carbons (Fsp3) is 0. The van der Waals surface area contributed by atoms with E-state index >= 15 is 0 Å². The molecule has 0 aliphatic carbocycles. The molecule has 1 aromatic carbocycles. The SMILES string of the molecule is NOS(=O)(=O)O.Oc1ccccc1. The first-order chi connectivity index (χ1) is 5.95. The van der Waals surface area contributed by atoms with Crippen molar-refractivity contribution in [1.29, 1.82) is 0 Å². The van der Waals surface area contributed by atoms with E-state index in [2.05, 4.69) is 10.2 Å². The molecule has 13 heavy (non-hydrogen) atoms. The Morgan fingerprint density at radius 3 is 1.77 bits per heavy atom. The molecule has 0 heterocycles. The Hall–Kier alpha value is -1.15. The molecule has 0 bridgehead atoms. The number of phenolic OH excluding ortho intramolecular Hbond substituents is 1. The van der Waals surface area contributed by atoms with E-state index in [0.717, 1.165) is 0 Å². The Morgan fingerprint density at radius 1 is 1.23 bits per heavy atom. The summed E-state index contributed by atoms with van der Waals surface area (Å²) in [6.07, 6.45) is 0. The van der Waals surface area contributed by atoms with Crippen LogP contribution in [0.3, 0.4) is 0 Å². The average molecular weight is 207 g/mol. The second kappa shape index (κ2) is 5.49. The van der Waals surface area contributed by atoms with E-state index in [-0.39, 0.29) is 0 Å². The van der Waals surface area contributed by atoms with Crippen LogP contribution in [-0.2, 0) is 14.7 Å². The van der Waals surface area contributed by atoms with Gasteiger partial charge in [0.25, 0.3) is 0 Å². The fourth-order valence-electron chi connectivity index (χ4n) is 0.428. The summed E-state index contributed by atoms with van der Waals surface area (Å²) in [6.45, 7) is 0. The highest BCUT2D eigenvalue weighted by molar-refractivity contribution is 7.80. The number of aromatic hydroxyl groups is 1. The molecule has 0 fully saturated rings. The molecule has 0 atom stereocenters. The van der Waals surface area contributed by atoms with Gasteiger partial charge in [0, 0.05) is 0 Å². The zero-order chi connectivity index (χ0) is 10.3. The molecule has 0 aliphatic heterocycles. The number of phenols is 1. The number of rotatable bonds is 1. The van der Waals surface area contributed by atoms with Gasteiger partial charge in [0.05, 0.1) is 0 Å². The third kappa shape index (κ3) is 8.76. The van der Waals surface area contributed by atoms with Gasteiger partial charge in [-0.25, -0.2) is 0 Å². The van der Waals surface area contributed by atoms with Crippen LogP contribution in [0.4, 0.5) is 0 Å². The molecule has 74 valence electrons. The van der Waals surface area contributed by atoms with Crippen molar-refractivity contribution in [3.05, 3.63) is 30.3 Å². The van der Waals surface area contributed by atoms with Crippen LogP contribution >= 0.6 is 0 Å². The summed E-state index contributed by atoms with van der Waals surface area (Å²) in [5.41, 5.74) is 0. The van der Waals surface area contributed by atoms with E-state index in [9.17, 15) is 8.42 Å². The first-order valence-corrected chi connectivity index (χ1v) is 4.42. The highest BCUT2D eigenvalue weighted by Crippen LogP contribution is 2.02. The zero-order valence-electron chi connectivity index (χ0n) is 6.49. The van der Waals surface area contributed by atoms with E-state index in [1.54, 1.807) is 24.3 Å². The first-order valence-electron chi connectivity index (χ1n) is 3.05. The Balaban J connectivity index is 0.000000226. The largest absolute Gasteiger partial charge is 0.508 e. The van der Waals surface area contributed by atoms with Gasteiger partial charge in [0.15, 0.2) is 0 Å². The van der Waals surface area contributed by atoms with Gasteiger partial charge in [-0.3, -0.25) is 4.55 Å². The molecule has 1 aromatic rings. The maximum absolute atomic E-state index is 9.21. The topological polar surface area (TPSA) is 110 Å². The van der Waals surface area contributed by atoms with Crippen molar-refractivity contribution in [1.82, 2.24) is 0 Å². The Labute approximate surface area is 75.5 Å². The second-order valence-electron chi connectivity index (χ2n) is 1.86. The van der Waals surface area contributed by atoms with Crippen LogP contribution in [0.2, 0.25) is 0 Å². The van der Waals surface area contributed by atoms with Gasteiger partial charge in [-0.1, -0.05) is 18.2 Å². The zero-order valence-corrected chi connectivity index (χ0v) is 7.31. The highest BCUT2D eigenvalue weighted by atomic mass is 32.3. The summed E-state index contributed by atoms with van der Waals surface area (Å²) in [7, 11) is -4.38. The second-order valence-corrected chi connectivity index (χ2v) is 2.91. The Bertz CT molecular complexity index is 322. The minimum absolute atomic E-state index is 0.322. The van der Waals surface area contributed by atoms with Crippen molar-refractivity contribution in [2.45, 2.75) is 0 Å². The molecule has 0 amide bonds. The average Bonchev–Trinajstić information content (AvgIpc) is 2.06. The van der Waals surface area contributed by atoms with E-state index in [1.165, 1.54) is 0 Å². The molecular formula is C6H9NO5S. The van der Waals surface area contributed by atoms with Gasteiger partial charge in [0.2, 0.25) is 0 Å². The minimum atomic E-state index is -4.38. The van der Waals surface area contributed by atoms with Crippen LogP contribution in [0.5, 0.6) is 5.75 Å². The quantitative estimate of drug-likeness (QED) is 0.444. The van der Waals surface area contributed by atoms with Crippen LogP contribution in [0, 0.1) is 0 Å². The fourth-order valence-corrected chi connectivity index (χ4v) is 0.428. The summed E-state index contributed by atoms with van der Waals surface area (Å²) in [5.74, 6) is 4.29. The Morgan fingerprint density at radius 2 is 1.62 bits per heavy atom. The maximum atomic E-state index is 9.21. The van der Waals surface area contributed by atoms with Crippen LogP contribution in [-0.4, -0.2) is 18.1 Å². The van der Waals surface area contributed by atoms with Gasteiger partial charge in [-0.15, -0.1) is 0 Å². The van der Waals surface area contributed by atoms with E-state index in [4.69, 9.17) is 9.66 Å². The van der Waals surface area contributed by atoms with Crippen molar-refractivity contribution in [3.63, 3.8) is 0 Å². The van der Waals surface area contributed by atoms with Crippen molar-refractivity contribution < 1.29 is 22.4 Å². The predicted octanol–water partition coefficient (Wildman–Crippen LogP) is 0.0717. The summed E-state index contributed by atoms with van der Waals surface area (Å²) in [5, 5.41) is 8.63. The summed E-state index contributed by atoms with van der Waals surface area (Å²) < 4.78 is 28.8.